The maximum Gasteiger partial charge on any atom is 0.269 e. The SMILES string of the molecule is CCC(C)(C)NC(=O)CSc1ccc([N+](=O)[O-])cc1. The molecule has 0 heterocycles. The van der Waals surface area contributed by atoms with E-state index in [2.05, 4.69) is 5.32 Å². The lowest BCUT2D eigenvalue weighted by Gasteiger charge is -2.24. The van der Waals surface area contributed by atoms with Crippen LogP contribution < -0.4 is 5.32 Å². The van der Waals surface area contributed by atoms with Crippen molar-refractivity contribution in [1.29, 1.82) is 0 Å². The summed E-state index contributed by atoms with van der Waals surface area (Å²) in [6, 6.07) is 6.19. The third-order valence-corrected chi connectivity index (χ3v) is 3.79. The largest absolute Gasteiger partial charge is 0.351 e. The van der Waals surface area contributed by atoms with Gasteiger partial charge in [0, 0.05) is 22.6 Å². The first-order valence-corrected chi connectivity index (χ1v) is 7.01. The second kappa shape index (κ2) is 6.56. The molecule has 1 rings (SSSR count). The van der Waals surface area contributed by atoms with Crippen LogP contribution in [0.15, 0.2) is 29.2 Å². The first-order chi connectivity index (χ1) is 8.84. The zero-order valence-electron chi connectivity index (χ0n) is 11.3. The summed E-state index contributed by atoms with van der Waals surface area (Å²) in [5, 5.41) is 13.4. The average molecular weight is 282 g/mol. The van der Waals surface area contributed by atoms with E-state index in [0.717, 1.165) is 11.3 Å². The van der Waals surface area contributed by atoms with Gasteiger partial charge in [-0.05, 0) is 32.4 Å². The number of nitro benzene ring substituents is 1. The van der Waals surface area contributed by atoms with Crippen molar-refractivity contribution in [3.05, 3.63) is 34.4 Å². The Balaban J connectivity index is 2.48. The summed E-state index contributed by atoms with van der Waals surface area (Å²) in [7, 11) is 0. The van der Waals surface area contributed by atoms with E-state index >= 15 is 0 Å². The average Bonchev–Trinajstić information content (AvgIpc) is 2.36. The number of nitrogens with one attached hydrogen (secondary N) is 1. The number of nitro groups is 1. The van der Waals surface area contributed by atoms with Gasteiger partial charge in [0.25, 0.3) is 5.69 Å². The van der Waals surface area contributed by atoms with E-state index in [9.17, 15) is 14.9 Å². The van der Waals surface area contributed by atoms with Gasteiger partial charge in [-0.15, -0.1) is 11.8 Å². The lowest BCUT2D eigenvalue weighted by atomic mass is 10.0. The van der Waals surface area contributed by atoms with Crippen LogP contribution in [-0.4, -0.2) is 22.1 Å². The van der Waals surface area contributed by atoms with Crippen LogP contribution in [-0.2, 0) is 4.79 Å². The number of hydrogen-bond acceptors (Lipinski definition) is 4. The van der Waals surface area contributed by atoms with Gasteiger partial charge in [0.2, 0.25) is 5.91 Å². The van der Waals surface area contributed by atoms with Gasteiger partial charge in [-0.2, -0.15) is 0 Å². The van der Waals surface area contributed by atoms with Gasteiger partial charge in [-0.3, -0.25) is 14.9 Å². The number of rotatable bonds is 6. The smallest absolute Gasteiger partial charge is 0.269 e. The van der Waals surface area contributed by atoms with Gasteiger partial charge < -0.3 is 5.32 Å². The molecule has 0 bridgehead atoms. The van der Waals surface area contributed by atoms with Gasteiger partial charge in [0.1, 0.15) is 0 Å². The Hall–Kier alpha value is -1.56. The fourth-order valence-corrected chi connectivity index (χ4v) is 2.01. The van der Waals surface area contributed by atoms with Crippen molar-refractivity contribution in [2.45, 2.75) is 37.6 Å². The van der Waals surface area contributed by atoms with Crippen LogP contribution >= 0.6 is 11.8 Å². The molecule has 1 N–H and O–H groups in total. The Bertz CT molecular complexity index is 457. The summed E-state index contributed by atoms with van der Waals surface area (Å²) in [6.07, 6.45) is 0.862. The third kappa shape index (κ3) is 5.30. The Morgan fingerprint density at radius 3 is 2.42 bits per heavy atom. The molecular weight excluding hydrogens is 264 g/mol. The molecule has 0 aromatic heterocycles. The highest BCUT2D eigenvalue weighted by Crippen LogP contribution is 2.21. The number of hydrogen-bond donors (Lipinski definition) is 1. The minimum Gasteiger partial charge on any atom is -0.351 e. The van der Waals surface area contributed by atoms with Gasteiger partial charge in [-0.25, -0.2) is 0 Å². The fourth-order valence-electron chi connectivity index (χ4n) is 1.31. The van der Waals surface area contributed by atoms with Crippen molar-refractivity contribution < 1.29 is 9.72 Å². The lowest BCUT2D eigenvalue weighted by Crippen LogP contribution is -2.43. The molecule has 0 aliphatic heterocycles. The maximum atomic E-state index is 11.7. The van der Waals surface area contributed by atoms with Crippen molar-refractivity contribution in [1.82, 2.24) is 5.32 Å². The van der Waals surface area contributed by atoms with Crippen LogP contribution in [0.1, 0.15) is 27.2 Å². The van der Waals surface area contributed by atoms with Crippen LogP contribution in [0.4, 0.5) is 5.69 Å². The van der Waals surface area contributed by atoms with Crippen molar-refractivity contribution in [3.63, 3.8) is 0 Å². The summed E-state index contributed by atoms with van der Waals surface area (Å²) < 4.78 is 0. The highest BCUT2D eigenvalue weighted by Gasteiger charge is 2.17. The molecule has 0 radical (unpaired) electrons. The number of nitrogens with zero attached hydrogens (tertiary/aromatic N) is 1. The van der Waals surface area contributed by atoms with Crippen molar-refractivity contribution in [3.8, 4) is 0 Å². The zero-order valence-corrected chi connectivity index (χ0v) is 12.1. The van der Waals surface area contributed by atoms with Crippen LogP contribution in [0, 0.1) is 10.1 Å². The van der Waals surface area contributed by atoms with Gasteiger partial charge in [-0.1, -0.05) is 6.92 Å². The molecule has 0 aliphatic carbocycles. The number of amides is 1. The molecule has 0 atom stereocenters. The molecular formula is C13H18N2O3S. The van der Waals surface area contributed by atoms with Gasteiger partial charge in [0.15, 0.2) is 0 Å². The minimum absolute atomic E-state index is 0.0322. The molecule has 1 amide bonds. The zero-order chi connectivity index (χ0) is 14.5. The van der Waals surface area contributed by atoms with E-state index in [1.165, 1.54) is 23.9 Å². The molecule has 0 saturated carbocycles. The standard InChI is InChI=1S/C13H18N2O3S/c1-4-13(2,3)14-12(16)9-19-11-7-5-10(6-8-11)15(17)18/h5-8H,4,9H2,1-3H3,(H,14,16). The van der Waals surface area contributed by atoms with Crippen LogP contribution in [0.2, 0.25) is 0 Å². The van der Waals surface area contributed by atoms with Crippen LogP contribution in [0.3, 0.4) is 0 Å². The van der Waals surface area contributed by atoms with Crippen LogP contribution in [0.5, 0.6) is 0 Å². The van der Waals surface area contributed by atoms with Crippen molar-refractivity contribution in [2.24, 2.45) is 0 Å². The quantitative estimate of drug-likeness (QED) is 0.494. The number of carbonyl (C=O) groups excluding carboxylic acids is 1. The van der Waals surface area contributed by atoms with Gasteiger partial charge >= 0.3 is 0 Å². The normalized spacial score (nSPS) is 11.1. The second-order valence-corrected chi connectivity index (χ2v) is 5.87. The van der Waals surface area contributed by atoms with E-state index in [4.69, 9.17) is 0 Å². The highest BCUT2D eigenvalue weighted by molar-refractivity contribution is 8.00. The first-order valence-electron chi connectivity index (χ1n) is 6.02. The Labute approximate surface area is 116 Å². The van der Waals surface area contributed by atoms with E-state index < -0.39 is 4.92 Å². The topological polar surface area (TPSA) is 72.2 Å². The molecule has 5 nitrogen and oxygen atoms in total. The highest BCUT2D eigenvalue weighted by atomic mass is 32.2. The second-order valence-electron chi connectivity index (χ2n) is 4.83. The predicted octanol–water partition coefficient (Wildman–Crippen LogP) is 2.99. The number of non-ortho nitro benzene ring substituents is 1. The Morgan fingerprint density at radius 2 is 1.95 bits per heavy atom. The van der Waals surface area contributed by atoms with E-state index in [1.807, 2.05) is 20.8 Å². The monoisotopic (exact) mass is 282 g/mol. The summed E-state index contributed by atoms with van der Waals surface area (Å²) in [6.45, 7) is 5.96. The third-order valence-electron chi connectivity index (χ3n) is 2.78. The molecule has 6 heteroatoms. The Kier molecular flexibility index (Phi) is 5.35. The molecule has 0 fully saturated rings. The molecule has 0 aliphatic rings. The summed E-state index contributed by atoms with van der Waals surface area (Å²) in [5.41, 5.74) is -0.145. The first kappa shape index (κ1) is 15.5. The lowest BCUT2D eigenvalue weighted by molar-refractivity contribution is -0.384. The van der Waals surface area contributed by atoms with Crippen molar-refractivity contribution in [2.75, 3.05) is 5.75 Å². The van der Waals surface area contributed by atoms with Gasteiger partial charge in [0.05, 0.1) is 10.7 Å². The molecule has 1 aromatic rings. The molecule has 104 valence electrons. The number of thioether (sulfide) groups is 1. The summed E-state index contributed by atoms with van der Waals surface area (Å²) in [4.78, 5) is 22.6. The summed E-state index contributed by atoms with van der Waals surface area (Å²) in [5.74, 6) is 0.275. The van der Waals surface area contributed by atoms with E-state index in [-0.39, 0.29) is 17.1 Å². The molecule has 1 aromatic carbocycles. The van der Waals surface area contributed by atoms with E-state index in [1.54, 1.807) is 12.1 Å². The number of benzene rings is 1. The molecule has 19 heavy (non-hydrogen) atoms. The summed E-state index contributed by atoms with van der Waals surface area (Å²) >= 11 is 1.37. The van der Waals surface area contributed by atoms with Crippen LogP contribution in [0.25, 0.3) is 0 Å². The molecule has 0 spiro atoms. The number of carbonyl (C=O) groups is 1. The Morgan fingerprint density at radius 1 is 1.37 bits per heavy atom. The maximum absolute atomic E-state index is 11.7. The fraction of sp³-hybridized carbons (Fsp3) is 0.462. The minimum atomic E-state index is -0.440. The molecule has 0 unspecified atom stereocenters. The predicted molar refractivity (Wildman–Crippen MR) is 76.3 cm³/mol. The van der Waals surface area contributed by atoms with E-state index in [0.29, 0.717) is 5.75 Å². The van der Waals surface area contributed by atoms with Crippen molar-refractivity contribution >= 4 is 23.4 Å². The molecule has 0 saturated heterocycles.